The smallest absolute Gasteiger partial charge is 0.262 e. The molecule has 2 heterocycles. The Labute approximate surface area is 200 Å². The van der Waals surface area contributed by atoms with Gasteiger partial charge in [0.05, 0.1) is 17.2 Å². The SMILES string of the molecule is O=S(=O)(Nc1ccccc1OCC1CCN(c2ccncc2)CC1)c1ccc2ccccc2c1. The van der Waals surface area contributed by atoms with Crippen molar-refractivity contribution in [2.24, 2.45) is 5.92 Å². The number of rotatable bonds is 7. The average molecular weight is 474 g/mol. The fourth-order valence-corrected chi connectivity index (χ4v) is 5.44. The van der Waals surface area contributed by atoms with Gasteiger partial charge in [-0.25, -0.2) is 8.42 Å². The number of hydrogen-bond acceptors (Lipinski definition) is 5. The Balaban J connectivity index is 1.24. The van der Waals surface area contributed by atoms with E-state index in [1.807, 2.05) is 67.0 Å². The van der Waals surface area contributed by atoms with E-state index < -0.39 is 10.0 Å². The predicted octanol–water partition coefficient (Wildman–Crippen LogP) is 5.33. The van der Waals surface area contributed by atoms with Crippen molar-refractivity contribution in [1.82, 2.24) is 4.98 Å². The lowest BCUT2D eigenvalue weighted by molar-refractivity contribution is 0.224. The average Bonchev–Trinajstić information content (AvgIpc) is 2.88. The molecule has 174 valence electrons. The number of nitrogens with zero attached hydrogens (tertiary/aromatic N) is 2. The second-order valence-electron chi connectivity index (χ2n) is 8.56. The molecule has 0 atom stereocenters. The van der Waals surface area contributed by atoms with Crippen molar-refractivity contribution in [2.75, 3.05) is 29.3 Å². The van der Waals surface area contributed by atoms with Crippen LogP contribution in [0.25, 0.3) is 10.8 Å². The summed E-state index contributed by atoms with van der Waals surface area (Å²) >= 11 is 0. The molecule has 4 aromatic rings. The van der Waals surface area contributed by atoms with Crippen LogP contribution in [0.1, 0.15) is 12.8 Å². The van der Waals surface area contributed by atoms with Crippen LogP contribution in [0, 0.1) is 5.92 Å². The number of sulfonamides is 1. The molecule has 0 unspecified atom stereocenters. The van der Waals surface area contributed by atoms with Gasteiger partial charge in [-0.3, -0.25) is 9.71 Å². The standard InChI is InChI=1S/C27H27N3O3S/c31-34(32,25-10-9-22-5-1-2-6-23(22)19-25)29-26-7-3-4-8-27(26)33-20-21-13-17-30(18-14-21)24-11-15-28-16-12-24/h1-12,15-16,19,21,29H,13-14,17-18,20H2. The molecule has 1 saturated heterocycles. The van der Waals surface area contributed by atoms with Crippen molar-refractivity contribution < 1.29 is 13.2 Å². The van der Waals surface area contributed by atoms with E-state index >= 15 is 0 Å². The van der Waals surface area contributed by atoms with Crippen molar-refractivity contribution in [2.45, 2.75) is 17.7 Å². The first-order valence-corrected chi connectivity index (χ1v) is 13.0. The van der Waals surface area contributed by atoms with Crippen LogP contribution in [0.4, 0.5) is 11.4 Å². The number of aromatic nitrogens is 1. The summed E-state index contributed by atoms with van der Waals surface area (Å²) in [6.07, 6.45) is 5.68. The number of piperidine rings is 1. The minimum absolute atomic E-state index is 0.226. The Morgan fingerprint density at radius 1 is 0.882 bits per heavy atom. The molecule has 1 aliphatic heterocycles. The Morgan fingerprint density at radius 3 is 2.38 bits per heavy atom. The Bertz CT molecular complexity index is 1370. The summed E-state index contributed by atoms with van der Waals surface area (Å²) in [6.45, 7) is 2.49. The summed E-state index contributed by atoms with van der Waals surface area (Å²) in [5.41, 5.74) is 1.65. The van der Waals surface area contributed by atoms with Gasteiger partial charge in [0.15, 0.2) is 0 Å². The molecule has 0 spiro atoms. The molecular weight excluding hydrogens is 446 g/mol. The highest BCUT2D eigenvalue weighted by Gasteiger charge is 2.21. The second kappa shape index (κ2) is 9.73. The molecule has 6 nitrogen and oxygen atoms in total. The molecule has 1 aromatic heterocycles. The van der Waals surface area contributed by atoms with Crippen LogP contribution in [0.5, 0.6) is 5.75 Å². The zero-order valence-corrected chi connectivity index (χ0v) is 19.6. The summed E-state index contributed by atoms with van der Waals surface area (Å²) in [6, 6.07) is 24.1. The molecule has 7 heteroatoms. The second-order valence-corrected chi connectivity index (χ2v) is 10.2. The quantitative estimate of drug-likeness (QED) is 0.393. The highest BCUT2D eigenvalue weighted by atomic mass is 32.2. The van der Waals surface area contributed by atoms with Gasteiger partial charge in [-0.1, -0.05) is 42.5 Å². The van der Waals surface area contributed by atoms with E-state index in [9.17, 15) is 8.42 Å². The molecule has 3 aromatic carbocycles. The lowest BCUT2D eigenvalue weighted by Gasteiger charge is -2.33. The van der Waals surface area contributed by atoms with Gasteiger partial charge in [-0.15, -0.1) is 0 Å². The maximum Gasteiger partial charge on any atom is 0.262 e. The van der Waals surface area contributed by atoms with Gasteiger partial charge >= 0.3 is 0 Å². The molecule has 0 aliphatic carbocycles. The first-order chi connectivity index (χ1) is 16.6. The van der Waals surface area contributed by atoms with Crippen molar-refractivity contribution in [3.05, 3.63) is 91.3 Å². The van der Waals surface area contributed by atoms with Crippen molar-refractivity contribution in [3.8, 4) is 5.75 Å². The zero-order valence-electron chi connectivity index (χ0n) is 18.8. The van der Waals surface area contributed by atoms with Crippen LogP contribution in [-0.4, -0.2) is 33.1 Å². The van der Waals surface area contributed by atoms with Crippen LogP contribution in [0.3, 0.4) is 0 Å². The van der Waals surface area contributed by atoms with E-state index in [-0.39, 0.29) is 4.90 Å². The van der Waals surface area contributed by atoms with E-state index in [1.54, 1.807) is 24.3 Å². The van der Waals surface area contributed by atoms with Crippen LogP contribution in [0.2, 0.25) is 0 Å². The third-order valence-corrected chi connectivity index (χ3v) is 7.64. The summed E-state index contributed by atoms with van der Waals surface area (Å²) in [5.74, 6) is 0.965. The summed E-state index contributed by atoms with van der Waals surface area (Å²) < 4.78 is 35.0. The molecule has 1 aliphatic rings. The Hall–Kier alpha value is -3.58. The number of ether oxygens (including phenoxy) is 1. The molecule has 1 N–H and O–H groups in total. The first-order valence-electron chi connectivity index (χ1n) is 11.5. The van der Waals surface area contributed by atoms with E-state index in [0.29, 0.717) is 24.0 Å². The van der Waals surface area contributed by atoms with Crippen LogP contribution < -0.4 is 14.4 Å². The van der Waals surface area contributed by atoms with Gasteiger partial charge < -0.3 is 9.64 Å². The molecular formula is C27H27N3O3S. The molecule has 0 bridgehead atoms. The molecule has 1 fully saturated rings. The fourth-order valence-electron chi connectivity index (χ4n) is 4.34. The highest BCUT2D eigenvalue weighted by Crippen LogP contribution is 2.30. The molecule has 0 amide bonds. The normalized spacial score (nSPS) is 14.8. The van der Waals surface area contributed by atoms with Crippen LogP contribution >= 0.6 is 0 Å². The predicted molar refractivity (Wildman–Crippen MR) is 136 cm³/mol. The van der Waals surface area contributed by atoms with E-state index in [2.05, 4.69) is 14.6 Å². The number of para-hydroxylation sites is 2. The topological polar surface area (TPSA) is 71.5 Å². The van der Waals surface area contributed by atoms with Gasteiger partial charge in [0, 0.05) is 31.2 Å². The molecule has 5 rings (SSSR count). The number of hydrogen-bond donors (Lipinski definition) is 1. The number of benzene rings is 3. The highest BCUT2D eigenvalue weighted by molar-refractivity contribution is 7.92. The number of nitrogens with one attached hydrogen (secondary N) is 1. The molecule has 34 heavy (non-hydrogen) atoms. The monoisotopic (exact) mass is 473 g/mol. The largest absolute Gasteiger partial charge is 0.491 e. The number of pyridine rings is 1. The van der Waals surface area contributed by atoms with E-state index in [1.165, 1.54) is 5.69 Å². The Morgan fingerprint density at radius 2 is 1.59 bits per heavy atom. The third kappa shape index (κ3) is 4.99. The lowest BCUT2D eigenvalue weighted by atomic mass is 9.97. The number of anilines is 2. The first kappa shape index (κ1) is 22.2. The van der Waals surface area contributed by atoms with Gasteiger partial charge in [0.25, 0.3) is 10.0 Å². The van der Waals surface area contributed by atoms with Gasteiger partial charge in [-0.2, -0.15) is 0 Å². The van der Waals surface area contributed by atoms with Gasteiger partial charge in [0.2, 0.25) is 0 Å². The third-order valence-electron chi connectivity index (χ3n) is 6.28. The summed E-state index contributed by atoms with van der Waals surface area (Å²) in [5, 5.41) is 1.88. The van der Waals surface area contributed by atoms with Crippen molar-refractivity contribution >= 4 is 32.2 Å². The van der Waals surface area contributed by atoms with E-state index in [4.69, 9.17) is 4.74 Å². The molecule has 0 saturated carbocycles. The summed E-state index contributed by atoms with van der Waals surface area (Å²) in [7, 11) is -3.75. The minimum Gasteiger partial charge on any atom is -0.491 e. The molecule has 0 radical (unpaired) electrons. The zero-order chi connectivity index (χ0) is 23.4. The van der Waals surface area contributed by atoms with Crippen molar-refractivity contribution in [3.63, 3.8) is 0 Å². The van der Waals surface area contributed by atoms with Crippen LogP contribution in [-0.2, 0) is 10.0 Å². The van der Waals surface area contributed by atoms with Gasteiger partial charge in [0.1, 0.15) is 5.75 Å². The Kier molecular flexibility index (Phi) is 6.36. The maximum atomic E-state index is 13.1. The van der Waals surface area contributed by atoms with Crippen molar-refractivity contribution in [1.29, 1.82) is 0 Å². The van der Waals surface area contributed by atoms with E-state index in [0.717, 1.165) is 36.7 Å². The fraction of sp³-hybridized carbons (Fsp3) is 0.222. The number of fused-ring (bicyclic) bond motifs is 1. The van der Waals surface area contributed by atoms with Crippen LogP contribution in [0.15, 0.2) is 96.2 Å². The summed E-state index contributed by atoms with van der Waals surface area (Å²) in [4.78, 5) is 6.68. The maximum absolute atomic E-state index is 13.1. The van der Waals surface area contributed by atoms with Gasteiger partial charge in [-0.05, 0) is 65.9 Å². The minimum atomic E-state index is -3.75. The lowest BCUT2D eigenvalue weighted by Crippen LogP contribution is -2.35.